The summed E-state index contributed by atoms with van der Waals surface area (Å²) >= 11 is 1.18. The molecule has 8 nitrogen and oxygen atoms in total. The molecule has 1 aromatic carbocycles. The van der Waals surface area contributed by atoms with Gasteiger partial charge in [-0.05, 0) is 12.5 Å². The van der Waals surface area contributed by atoms with Crippen LogP contribution in [0.4, 0.5) is 15.8 Å². The second-order valence-electron chi connectivity index (χ2n) is 5.27. The number of nitro benzene ring substituents is 1. The number of hydrogen-bond acceptors (Lipinski definition) is 6. The highest BCUT2D eigenvalue weighted by atomic mass is 32.2. The molecule has 0 aliphatic rings. The molecule has 0 radical (unpaired) electrons. The van der Waals surface area contributed by atoms with E-state index in [-0.39, 0.29) is 17.1 Å². The minimum absolute atomic E-state index is 0.00535. The summed E-state index contributed by atoms with van der Waals surface area (Å²) in [7, 11) is 0. The predicted molar refractivity (Wildman–Crippen MR) is 92.0 cm³/mol. The molecule has 0 aliphatic heterocycles. The minimum Gasteiger partial charge on any atom is -0.323 e. The first-order valence-corrected chi connectivity index (χ1v) is 8.74. The lowest BCUT2D eigenvalue weighted by Gasteiger charge is -2.07. The maximum Gasteiger partial charge on any atom is 0.271 e. The van der Waals surface area contributed by atoms with Crippen molar-refractivity contribution in [1.82, 2.24) is 14.8 Å². The first-order valence-electron chi connectivity index (χ1n) is 7.75. The van der Waals surface area contributed by atoms with Crippen LogP contribution in [0, 0.1) is 15.9 Å². The van der Waals surface area contributed by atoms with Crippen LogP contribution in [0.25, 0.3) is 0 Å². The summed E-state index contributed by atoms with van der Waals surface area (Å²) in [4.78, 5) is 22.1. The summed E-state index contributed by atoms with van der Waals surface area (Å²) in [5, 5.41) is 21.5. The number of benzene rings is 1. The third-order valence-electron chi connectivity index (χ3n) is 3.35. The van der Waals surface area contributed by atoms with E-state index in [0.29, 0.717) is 5.16 Å². The van der Waals surface area contributed by atoms with Gasteiger partial charge in [-0.15, -0.1) is 10.2 Å². The lowest BCUT2D eigenvalue weighted by Crippen LogP contribution is -2.15. The van der Waals surface area contributed by atoms with Crippen LogP contribution < -0.4 is 5.32 Å². The normalized spacial score (nSPS) is 10.6. The third-order valence-corrected chi connectivity index (χ3v) is 4.33. The van der Waals surface area contributed by atoms with E-state index in [4.69, 9.17) is 0 Å². The van der Waals surface area contributed by atoms with Crippen molar-refractivity contribution in [3.05, 3.63) is 40.5 Å². The molecular formula is C15H18FN5O3S. The molecule has 2 aromatic rings. The van der Waals surface area contributed by atoms with Gasteiger partial charge < -0.3 is 9.88 Å². The number of halogens is 1. The van der Waals surface area contributed by atoms with Crippen molar-refractivity contribution >= 4 is 29.0 Å². The van der Waals surface area contributed by atoms with Crippen LogP contribution >= 0.6 is 11.8 Å². The molecule has 0 fully saturated rings. The van der Waals surface area contributed by atoms with Crippen LogP contribution in [0.2, 0.25) is 0 Å². The standard InChI is InChI=1S/C15H18FN5O3S/c1-2-3-4-7-20-10-17-19-15(20)25-9-14(22)18-13-8-11(21(23)24)5-6-12(13)16/h5-6,8,10H,2-4,7,9H2,1H3,(H,18,22). The van der Waals surface area contributed by atoms with E-state index >= 15 is 0 Å². The van der Waals surface area contributed by atoms with Crippen LogP contribution in [0.15, 0.2) is 29.7 Å². The third kappa shape index (κ3) is 5.52. The second-order valence-corrected chi connectivity index (χ2v) is 6.21. The van der Waals surface area contributed by atoms with Crippen LogP contribution in [-0.2, 0) is 11.3 Å². The van der Waals surface area contributed by atoms with Crippen molar-refractivity contribution in [2.24, 2.45) is 0 Å². The summed E-state index contributed by atoms with van der Waals surface area (Å²) in [6.07, 6.45) is 4.79. The molecule has 1 amide bonds. The minimum atomic E-state index is -0.730. The molecule has 0 spiro atoms. The molecule has 25 heavy (non-hydrogen) atoms. The highest BCUT2D eigenvalue weighted by molar-refractivity contribution is 7.99. The Morgan fingerprint density at radius 3 is 2.96 bits per heavy atom. The number of amides is 1. The average Bonchev–Trinajstić information content (AvgIpc) is 3.02. The maximum absolute atomic E-state index is 13.7. The lowest BCUT2D eigenvalue weighted by molar-refractivity contribution is -0.384. The van der Waals surface area contributed by atoms with Gasteiger partial charge in [-0.1, -0.05) is 31.5 Å². The number of anilines is 1. The second kappa shape index (κ2) is 9.11. The molecule has 0 saturated carbocycles. The molecule has 0 saturated heterocycles. The first kappa shape index (κ1) is 18.8. The van der Waals surface area contributed by atoms with Crippen molar-refractivity contribution in [2.75, 3.05) is 11.1 Å². The molecule has 134 valence electrons. The molecular weight excluding hydrogens is 349 g/mol. The molecule has 0 atom stereocenters. The SMILES string of the molecule is CCCCCn1cnnc1SCC(=O)Nc1cc([N+](=O)[O-])ccc1F. The average molecular weight is 367 g/mol. The Balaban J connectivity index is 1.92. The Labute approximate surface area is 148 Å². The molecule has 1 N–H and O–H groups in total. The monoisotopic (exact) mass is 367 g/mol. The largest absolute Gasteiger partial charge is 0.323 e. The number of aromatic nitrogens is 3. The summed E-state index contributed by atoms with van der Waals surface area (Å²) in [6.45, 7) is 2.88. The molecule has 2 rings (SSSR count). The van der Waals surface area contributed by atoms with E-state index in [1.165, 1.54) is 11.8 Å². The Kier molecular flexibility index (Phi) is 6.87. The summed E-state index contributed by atoms with van der Waals surface area (Å²) < 4.78 is 15.5. The zero-order chi connectivity index (χ0) is 18.2. The van der Waals surface area contributed by atoms with Crippen LogP contribution in [0.5, 0.6) is 0 Å². The van der Waals surface area contributed by atoms with Gasteiger partial charge in [-0.3, -0.25) is 14.9 Å². The van der Waals surface area contributed by atoms with Gasteiger partial charge in [0.25, 0.3) is 5.69 Å². The van der Waals surface area contributed by atoms with Crippen molar-refractivity contribution < 1.29 is 14.1 Å². The van der Waals surface area contributed by atoms with Gasteiger partial charge in [0.15, 0.2) is 5.16 Å². The number of aryl methyl sites for hydroxylation is 1. The van der Waals surface area contributed by atoms with Gasteiger partial charge in [-0.2, -0.15) is 0 Å². The zero-order valence-electron chi connectivity index (χ0n) is 13.6. The van der Waals surface area contributed by atoms with Gasteiger partial charge in [0.05, 0.1) is 16.4 Å². The van der Waals surface area contributed by atoms with Crippen molar-refractivity contribution in [3.63, 3.8) is 0 Å². The number of hydrogen-bond donors (Lipinski definition) is 1. The fourth-order valence-corrected chi connectivity index (χ4v) is 2.82. The van der Waals surface area contributed by atoms with Gasteiger partial charge in [-0.25, -0.2) is 4.39 Å². The molecule has 0 bridgehead atoms. The number of thioether (sulfide) groups is 1. The number of unbranched alkanes of at least 4 members (excludes halogenated alkanes) is 2. The van der Waals surface area contributed by atoms with E-state index in [1.54, 1.807) is 6.33 Å². The van der Waals surface area contributed by atoms with Gasteiger partial charge in [0, 0.05) is 18.7 Å². The highest BCUT2D eigenvalue weighted by Gasteiger charge is 2.14. The Hall–Kier alpha value is -2.49. The highest BCUT2D eigenvalue weighted by Crippen LogP contribution is 2.22. The quantitative estimate of drug-likeness (QED) is 0.316. The fourth-order valence-electron chi connectivity index (χ4n) is 2.08. The Morgan fingerprint density at radius 2 is 2.24 bits per heavy atom. The van der Waals surface area contributed by atoms with E-state index in [1.807, 2.05) is 4.57 Å². The van der Waals surface area contributed by atoms with Crippen LogP contribution in [-0.4, -0.2) is 31.3 Å². The number of nitro groups is 1. The fraction of sp³-hybridized carbons (Fsp3) is 0.400. The summed E-state index contributed by atoms with van der Waals surface area (Å²) in [5.74, 6) is -1.21. The number of rotatable bonds is 9. The summed E-state index contributed by atoms with van der Waals surface area (Å²) in [6, 6.07) is 2.98. The number of nitrogens with zero attached hydrogens (tertiary/aromatic N) is 4. The van der Waals surface area contributed by atoms with Gasteiger partial charge in [0.2, 0.25) is 5.91 Å². The van der Waals surface area contributed by atoms with E-state index in [9.17, 15) is 19.3 Å². The van der Waals surface area contributed by atoms with Crippen molar-refractivity contribution in [1.29, 1.82) is 0 Å². The number of nitrogens with one attached hydrogen (secondary N) is 1. The molecule has 10 heteroatoms. The van der Waals surface area contributed by atoms with Gasteiger partial charge in [0.1, 0.15) is 12.1 Å². The number of carbonyl (C=O) groups is 1. The molecule has 1 heterocycles. The first-order chi connectivity index (χ1) is 12.0. The summed E-state index contributed by atoms with van der Waals surface area (Å²) in [5.41, 5.74) is -0.510. The topological polar surface area (TPSA) is 103 Å². The Morgan fingerprint density at radius 1 is 1.44 bits per heavy atom. The van der Waals surface area contributed by atoms with Gasteiger partial charge >= 0.3 is 0 Å². The maximum atomic E-state index is 13.7. The molecule has 1 aromatic heterocycles. The number of non-ortho nitro benzene ring substituents is 1. The Bertz CT molecular complexity index is 753. The van der Waals surface area contributed by atoms with Crippen LogP contribution in [0.3, 0.4) is 0 Å². The van der Waals surface area contributed by atoms with Crippen LogP contribution in [0.1, 0.15) is 26.2 Å². The zero-order valence-corrected chi connectivity index (χ0v) is 14.5. The predicted octanol–water partition coefficient (Wildman–Crippen LogP) is 3.25. The molecule has 0 unspecified atom stereocenters. The molecule has 0 aliphatic carbocycles. The number of carbonyl (C=O) groups excluding carboxylic acids is 1. The smallest absolute Gasteiger partial charge is 0.271 e. The van der Waals surface area contributed by atoms with Crippen molar-refractivity contribution in [3.8, 4) is 0 Å². The lowest BCUT2D eigenvalue weighted by atomic mass is 10.2. The van der Waals surface area contributed by atoms with Crippen molar-refractivity contribution in [2.45, 2.75) is 37.9 Å². The van der Waals surface area contributed by atoms with E-state index < -0.39 is 16.6 Å². The van der Waals surface area contributed by atoms with E-state index in [2.05, 4.69) is 22.4 Å². The van der Waals surface area contributed by atoms with E-state index in [0.717, 1.165) is 44.0 Å².